The molecule has 2 heteroatoms. The number of carbonyl (C=O) groups is 2. The van der Waals surface area contributed by atoms with E-state index in [9.17, 15) is 9.59 Å². The summed E-state index contributed by atoms with van der Waals surface area (Å²) in [5.41, 5.74) is 0.844. The molecule has 0 fully saturated rings. The van der Waals surface area contributed by atoms with Gasteiger partial charge < -0.3 is 4.79 Å². The highest BCUT2D eigenvalue weighted by atomic mass is 16.1. The fourth-order valence-corrected chi connectivity index (χ4v) is 2.05. The lowest BCUT2D eigenvalue weighted by atomic mass is 9.71. The SMILES string of the molecule is CC(=O)CC[C@@]1(C)CCCC=C1C=O. The maximum atomic E-state index is 10.9. The largest absolute Gasteiger partial charge is 0.300 e. The Balaban J connectivity index is 2.69. The molecule has 0 aromatic rings. The van der Waals surface area contributed by atoms with Gasteiger partial charge in [-0.1, -0.05) is 13.0 Å². The third-order valence-electron chi connectivity index (χ3n) is 3.15. The minimum Gasteiger partial charge on any atom is -0.300 e. The van der Waals surface area contributed by atoms with E-state index in [4.69, 9.17) is 0 Å². The summed E-state index contributed by atoms with van der Waals surface area (Å²) >= 11 is 0. The van der Waals surface area contributed by atoms with Crippen molar-refractivity contribution in [2.45, 2.75) is 46.0 Å². The average Bonchev–Trinajstić information content (AvgIpc) is 2.16. The molecule has 78 valence electrons. The molecule has 1 atom stereocenters. The fourth-order valence-electron chi connectivity index (χ4n) is 2.05. The van der Waals surface area contributed by atoms with E-state index in [1.54, 1.807) is 6.92 Å². The predicted octanol–water partition coefficient (Wildman–Crippen LogP) is 2.67. The molecule has 0 amide bonds. The van der Waals surface area contributed by atoms with Crippen LogP contribution in [0.25, 0.3) is 0 Å². The highest BCUT2D eigenvalue weighted by Crippen LogP contribution is 2.40. The number of allylic oxidation sites excluding steroid dienone is 2. The first-order valence-corrected chi connectivity index (χ1v) is 5.24. The molecule has 0 heterocycles. The van der Waals surface area contributed by atoms with E-state index < -0.39 is 0 Å². The Hall–Kier alpha value is -0.920. The minimum atomic E-state index is -0.0499. The number of hydrogen-bond acceptors (Lipinski definition) is 2. The van der Waals surface area contributed by atoms with Crippen molar-refractivity contribution >= 4 is 12.1 Å². The third-order valence-corrected chi connectivity index (χ3v) is 3.15. The second-order valence-corrected chi connectivity index (χ2v) is 4.43. The van der Waals surface area contributed by atoms with Crippen LogP contribution in [0.5, 0.6) is 0 Å². The van der Waals surface area contributed by atoms with Crippen molar-refractivity contribution in [3.63, 3.8) is 0 Å². The lowest BCUT2D eigenvalue weighted by molar-refractivity contribution is -0.117. The number of hydrogen-bond donors (Lipinski definition) is 0. The number of aldehydes is 1. The van der Waals surface area contributed by atoms with Crippen LogP contribution in [-0.4, -0.2) is 12.1 Å². The zero-order valence-corrected chi connectivity index (χ0v) is 9.01. The van der Waals surface area contributed by atoms with Gasteiger partial charge in [0.05, 0.1) is 0 Å². The van der Waals surface area contributed by atoms with Crippen molar-refractivity contribution in [3.05, 3.63) is 11.6 Å². The summed E-state index contributed by atoms with van der Waals surface area (Å²) in [6, 6.07) is 0. The second kappa shape index (κ2) is 4.54. The van der Waals surface area contributed by atoms with E-state index >= 15 is 0 Å². The molecular weight excluding hydrogens is 176 g/mol. The minimum absolute atomic E-state index is 0.0499. The lowest BCUT2D eigenvalue weighted by Crippen LogP contribution is -2.24. The average molecular weight is 194 g/mol. The number of carbonyl (C=O) groups excluding carboxylic acids is 2. The zero-order chi connectivity index (χ0) is 10.6. The summed E-state index contributed by atoms with van der Waals surface area (Å²) < 4.78 is 0. The maximum absolute atomic E-state index is 10.9. The van der Waals surface area contributed by atoms with Crippen LogP contribution in [0.1, 0.15) is 46.0 Å². The number of rotatable bonds is 4. The van der Waals surface area contributed by atoms with Crippen LogP contribution in [-0.2, 0) is 9.59 Å². The van der Waals surface area contributed by atoms with E-state index in [-0.39, 0.29) is 11.2 Å². The van der Waals surface area contributed by atoms with Crippen molar-refractivity contribution in [1.29, 1.82) is 0 Å². The first-order chi connectivity index (χ1) is 6.58. The van der Waals surface area contributed by atoms with E-state index in [1.807, 2.05) is 6.08 Å². The van der Waals surface area contributed by atoms with Crippen LogP contribution in [0.15, 0.2) is 11.6 Å². The fraction of sp³-hybridized carbons (Fsp3) is 0.667. The van der Waals surface area contributed by atoms with Crippen molar-refractivity contribution < 1.29 is 9.59 Å². The van der Waals surface area contributed by atoms with Crippen LogP contribution >= 0.6 is 0 Å². The molecule has 0 aromatic heterocycles. The molecule has 1 aliphatic carbocycles. The van der Waals surface area contributed by atoms with Gasteiger partial charge in [-0.25, -0.2) is 0 Å². The van der Waals surface area contributed by atoms with Gasteiger partial charge in [0.1, 0.15) is 12.1 Å². The van der Waals surface area contributed by atoms with Crippen LogP contribution in [0.3, 0.4) is 0 Å². The third kappa shape index (κ3) is 2.53. The zero-order valence-electron chi connectivity index (χ0n) is 9.01. The lowest BCUT2D eigenvalue weighted by Gasteiger charge is -2.32. The highest BCUT2D eigenvalue weighted by molar-refractivity contribution is 5.77. The van der Waals surface area contributed by atoms with Crippen molar-refractivity contribution in [2.24, 2.45) is 5.41 Å². The van der Waals surface area contributed by atoms with Gasteiger partial charge in [0.25, 0.3) is 0 Å². The monoisotopic (exact) mass is 194 g/mol. The molecule has 0 bridgehead atoms. The summed E-state index contributed by atoms with van der Waals surface area (Å²) in [7, 11) is 0. The van der Waals surface area contributed by atoms with Gasteiger partial charge >= 0.3 is 0 Å². The van der Waals surface area contributed by atoms with Gasteiger partial charge in [-0.05, 0) is 43.6 Å². The summed E-state index contributed by atoms with van der Waals surface area (Å²) in [5, 5.41) is 0. The Morgan fingerprint density at radius 1 is 1.64 bits per heavy atom. The Kier molecular flexibility index (Phi) is 3.62. The predicted molar refractivity (Wildman–Crippen MR) is 56.0 cm³/mol. The Morgan fingerprint density at radius 3 is 2.93 bits per heavy atom. The summed E-state index contributed by atoms with van der Waals surface area (Å²) in [4.78, 5) is 21.8. The van der Waals surface area contributed by atoms with Crippen molar-refractivity contribution in [2.75, 3.05) is 0 Å². The number of Topliss-reactive ketones (excluding diaryl/α,β-unsaturated/α-hetero) is 1. The molecule has 0 unspecified atom stereocenters. The standard InChI is InChI=1S/C12H18O2/c1-10(14)6-8-12(2)7-4-3-5-11(12)9-13/h5,9H,3-4,6-8H2,1-2H3/t12-/m1/s1. The molecule has 0 saturated heterocycles. The molecule has 0 radical (unpaired) electrons. The molecular formula is C12H18O2. The van der Waals surface area contributed by atoms with Crippen molar-refractivity contribution in [3.8, 4) is 0 Å². The highest BCUT2D eigenvalue weighted by Gasteiger charge is 2.30. The van der Waals surface area contributed by atoms with E-state index in [0.29, 0.717) is 6.42 Å². The van der Waals surface area contributed by atoms with Crippen LogP contribution in [0.4, 0.5) is 0 Å². The summed E-state index contributed by atoms with van der Waals surface area (Å²) in [6.07, 6.45) is 7.55. The van der Waals surface area contributed by atoms with Crippen LogP contribution < -0.4 is 0 Å². The second-order valence-electron chi connectivity index (χ2n) is 4.43. The van der Waals surface area contributed by atoms with Crippen LogP contribution in [0.2, 0.25) is 0 Å². The molecule has 1 aliphatic rings. The molecule has 0 spiro atoms. The Morgan fingerprint density at radius 2 is 2.36 bits per heavy atom. The van der Waals surface area contributed by atoms with E-state index in [2.05, 4.69) is 6.92 Å². The van der Waals surface area contributed by atoms with Crippen molar-refractivity contribution in [1.82, 2.24) is 0 Å². The summed E-state index contributed by atoms with van der Waals surface area (Å²) in [6.45, 7) is 3.70. The molecule has 14 heavy (non-hydrogen) atoms. The molecule has 0 aliphatic heterocycles. The summed E-state index contributed by atoms with van der Waals surface area (Å²) in [5.74, 6) is 0.210. The molecule has 2 nitrogen and oxygen atoms in total. The topological polar surface area (TPSA) is 34.1 Å². The van der Waals surface area contributed by atoms with E-state index in [0.717, 1.165) is 37.5 Å². The molecule has 0 aromatic carbocycles. The molecule has 1 rings (SSSR count). The normalized spacial score (nSPS) is 26.9. The first-order valence-electron chi connectivity index (χ1n) is 5.24. The quantitative estimate of drug-likeness (QED) is 0.645. The van der Waals surface area contributed by atoms with Crippen LogP contribution in [0, 0.1) is 5.41 Å². The Labute approximate surface area is 85.4 Å². The van der Waals surface area contributed by atoms with Gasteiger partial charge in [0, 0.05) is 6.42 Å². The Bertz CT molecular complexity index is 265. The van der Waals surface area contributed by atoms with Gasteiger partial charge in [0.15, 0.2) is 0 Å². The van der Waals surface area contributed by atoms with Gasteiger partial charge in [0.2, 0.25) is 0 Å². The van der Waals surface area contributed by atoms with Gasteiger partial charge in [-0.3, -0.25) is 4.79 Å². The van der Waals surface area contributed by atoms with Gasteiger partial charge in [-0.2, -0.15) is 0 Å². The first kappa shape index (κ1) is 11.2. The number of ketones is 1. The maximum Gasteiger partial charge on any atom is 0.146 e. The molecule has 0 N–H and O–H groups in total. The van der Waals surface area contributed by atoms with Gasteiger partial charge in [-0.15, -0.1) is 0 Å². The smallest absolute Gasteiger partial charge is 0.146 e. The molecule has 0 saturated carbocycles. The van der Waals surface area contributed by atoms with E-state index in [1.165, 1.54) is 0 Å².